The number of aryl methyl sites for hydroxylation is 1. The number of piperidine rings is 1. The number of hydrogen-bond donors (Lipinski definition) is 0. The molecule has 0 aromatic carbocycles. The van der Waals surface area contributed by atoms with Gasteiger partial charge in [-0.25, -0.2) is 0 Å². The van der Waals surface area contributed by atoms with Crippen LogP contribution < -0.4 is 0 Å². The fraction of sp³-hybridized carbons (Fsp3) is 0.667. The summed E-state index contributed by atoms with van der Waals surface area (Å²) < 4.78 is 7.78. The third-order valence-corrected chi connectivity index (χ3v) is 5.29. The van der Waals surface area contributed by atoms with E-state index in [9.17, 15) is 4.79 Å². The van der Waals surface area contributed by atoms with Crippen molar-refractivity contribution in [1.29, 1.82) is 0 Å². The molecule has 1 saturated carbocycles. The molecule has 2 aromatic heterocycles. The lowest BCUT2D eigenvalue weighted by atomic mass is 9.85. The Morgan fingerprint density at radius 1 is 1.20 bits per heavy atom. The summed E-state index contributed by atoms with van der Waals surface area (Å²) in [4.78, 5) is 14.9. The van der Waals surface area contributed by atoms with E-state index in [2.05, 4.69) is 22.2 Å². The molecule has 2 fully saturated rings. The lowest BCUT2D eigenvalue weighted by molar-refractivity contribution is 0.0568. The predicted octanol–water partition coefficient (Wildman–Crippen LogP) is 3.31. The molecule has 1 amide bonds. The van der Waals surface area contributed by atoms with E-state index in [1.807, 2.05) is 15.8 Å². The van der Waals surface area contributed by atoms with Gasteiger partial charge in [0, 0.05) is 25.2 Å². The third kappa shape index (κ3) is 3.19. The Bertz CT molecular complexity index is 733. The van der Waals surface area contributed by atoms with Gasteiger partial charge in [0.15, 0.2) is 0 Å². The standard InChI is InChI=1S/C18H25N5O2/c1-2-9-22-12-14(11-19-22)18(24)23-10-4-3-8-15(23)17-21-20-16(25-17)13-6-5-7-13/h11-13,15H,2-10H2,1H3/t15-/m0/s1. The Morgan fingerprint density at radius 2 is 2.04 bits per heavy atom. The fourth-order valence-corrected chi connectivity index (χ4v) is 3.62. The van der Waals surface area contributed by atoms with Gasteiger partial charge in [0.25, 0.3) is 5.91 Å². The summed E-state index contributed by atoms with van der Waals surface area (Å²) in [6.07, 6.45) is 11.0. The lowest BCUT2D eigenvalue weighted by Gasteiger charge is -2.33. The first-order chi connectivity index (χ1) is 12.3. The molecular formula is C18H25N5O2. The SMILES string of the molecule is CCCn1cc(C(=O)N2CCCC[C@H]2c2nnc(C3CCC3)o2)cn1. The van der Waals surface area contributed by atoms with E-state index < -0.39 is 0 Å². The van der Waals surface area contributed by atoms with E-state index in [4.69, 9.17) is 4.42 Å². The van der Waals surface area contributed by atoms with Crippen molar-refractivity contribution < 1.29 is 9.21 Å². The van der Waals surface area contributed by atoms with Crippen LogP contribution in [0, 0.1) is 0 Å². The average molecular weight is 343 g/mol. The van der Waals surface area contributed by atoms with Crippen molar-refractivity contribution in [3.05, 3.63) is 29.7 Å². The Hall–Kier alpha value is -2.18. The number of nitrogens with zero attached hydrogens (tertiary/aromatic N) is 5. The number of hydrogen-bond acceptors (Lipinski definition) is 5. The maximum Gasteiger partial charge on any atom is 0.257 e. The van der Waals surface area contributed by atoms with Crippen LogP contribution in [0.2, 0.25) is 0 Å². The highest BCUT2D eigenvalue weighted by Crippen LogP contribution is 2.37. The smallest absolute Gasteiger partial charge is 0.257 e. The van der Waals surface area contributed by atoms with Gasteiger partial charge in [0.1, 0.15) is 6.04 Å². The molecule has 1 aliphatic heterocycles. The molecule has 0 radical (unpaired) electrons. The van der Waals surface area contributed by atoms with Crippen LogP contribution in [-0.2, 0) is 6.54 Å². The van der Waals surface area contributed by atoms with Gasteiger partial charge in [0.2, 0.25) is 11.8 Å². The van der Waals surface area contributed by atoms with Crippen LogP contribution in [0.3, 0.4) is 0 Å². The first-order valence-electron chi connectivity index (χ1n) is 9.43. The zero-order chi connectivity index (χ0) is 17.2. The maximum atomic E-state index is 13.0. The van der Waals surface area contributed by atoms with E-state index in [0.717, 1.165) is 57.5 Å². The van der Waals surface area contributed by atoms with Crippen LogP contribution >= 0.6 is 0 Å². The van der Waals surface area contributed by atoms with E-state index in [1.54, 1.807) is 6.20 Å². The van der Waals surface area contributed by atoms with E-state index in [-0.39, 0.29) is 11.9 Å². The first-order valence-corrected chi connectivity index (χ1v) is 9.43. The van der Waals surface area contributed by atoms with Gasteiger partial charge >= 0.3 is 0 Å². The second-order valence-electron chi connectivity index (χ2n) is 7.11. The van der Waals surface area contributed by atoms with Crippen molar-refractivity contribution in [3.63, 3.8) is 0 Å². The van der Waals surface area contributed by atoms with Crippen LogP contribution in [0.4, 0.5) is 0 Å². The molecule has 0 unspecified atom stereocenters. The van der Waals surface area contributed by atoms with Gasteiger partial charge in [-0.2, -0.15) is 5.10 Å². The minimum atomic E-state index is -0.114. The van der Waals surface area contributed by atoms with Gasteiger partial charge in [-0.05, 0) is 38.5 Å². The second kappa shape index (κ2) is 6.98. The molecule has 134 valence electrons. The summed E-state index contributed by atoms with van der Waals surface area (Å²) in [6, 6.07) is -0.114. The summed E-state index contributed by atoms with van der Waals surface area (Å²) in [6.45, 7) is 3.65. The zero-order valence-corrected chi connectivity index (χ0v) is 14.7. The van der Waals surface area contributed by atoms with Gasteiger partial charge in [-0.15, -0.1) is 10.2 Å². The maximum absolute atomic E-state index is 13.0. The van der Waals surface area contributed by atoms with Gasteiger partial charge in [-0.1, -0.05) is 13.3 Å². The van der Waals surface area contributed by atoms with Crippen LogP contribution in [0.25, 0.3) is 0 Å². The largest absolute Gasteiger partial charge is 0.423 e. The van der Waals surface area contributed by atoms with Gasteiger partial charge < -0.3 is 9.32 Å². The molecule has 3 heterocycles. The lowest BCUT2D eigenvalue weighted by Crippen LogP contribution is -2.38. The van der Waals surface area contributed by atoms with Crippen LogP contribution in [-0.4, -0.2) is 37.3 Å². The molecule has 1 saturated heterocycles. The van der Waals surface area contributed by atoms with Gasteiger partial charge in [-0.3, -0.25) is 9.48 Å². The molecule has 2 aromatic rings. The molecule has 0 N–H and O–H groups in total. The van der Waals surface area contributed by atoms with Crippen LogP contribution in [0.1, 0.15) is 86.0 Å². The summed E-state index contributed by atoms with van der Waals surface area (Å²) in [5, 5.41) is 12.8. The summed E-state index contributed by atoms with van der Waals surface area (Å²) >= 11 is 0. The molecule has 4 rings (SSSR count). The van der Waals surface area contributed by atoms with Crippen molar-refractivity contribution in [2.75, 3.05) is 6.54 Å². The Kier molecular flexibility index (Phi) is 4.55. The number of aromatic nitrogens is 4. The molecule has 1 aliphatic carbocycles. The Morgan fingerprint density at radius 3 is 2.80 bits per heavy atom. The molecular weight excluding hydrogens is 318 g/mol. The van der Waals surface area contributed by atoms with Crippen molar-refractivity contribution in [3.8, 4) is 0 Å². The number of carbonyl (C=O) groups is 1. The molecule has 2 aliphatic rings. The third-order valence-electron chi connectivity index (χ3n) is 5.29. The summed E-state index contributed by atoms with van der Waals surface area (Å²) in [5.74, 6) is 1.77. The molecule has 25 heavy (non-hydrogen) atoms. The Balaban J connectivity index is 1.53. The highest BCUT2D eigenvalue weighted by Gasteiger charge is 2.34. The van der Waals surface area contributed by atoms with E-state index in [0.29, 0.717) is 17.4 Å². The molecule has 0 spiro atoms. The van der Waals surface area contributed by atoms with Crippen LogP contribution in [0.5, 0.6) is 0 Å². The number of carbonyl (C=O) groups excluding carboxylic acids is 1. The monoisotopic (exact) mass is 343 g/mol. The highest BCUT2D eigenvalue weighted by molar-refractivity contribution is 5.94. The minimum absolute atomic E-state index is 0.00967. The van der Waals surface area contributed by atoms with Crippen molar-refractivity contribution in [2.24, 2.45) is 0 Å². The molecule has 7 heteroatoms. The number of amides is 1. The Labute approximate surface area is 147 Å². The average Bonchev–Trinajstić information content (AvgIpc) is 3.23. The van der Waals surface area contributed by atoms with E-state index in [1.165, 1.54) is 6.42 Å². The van der Waals surface area contributed by atoms with Crippen LogP contribution in [0.15, 0.2) is 16.8 Å². The number of rotatable bonds is 5. The second-order valence-corrected chi connectivity index (χ2v) is 7.11. The van der Waals surface area contributed by atoms with Crippen molar-refractivity contribution in [2.45, 2.75) is 70.4 Å². The minimum Gasteiger partial charge on any atom is -0.423 e. The number of likely N-dealkylation sites (tertiary alicyclic amines) is 1. The quantitative estimate of drug-likeness (QED) is 0.832. The topological polar surface area (TPSA) is 77.0 Å². The van der Waals surface area contributed by atoms with E-state index >= 15 is 0 Å². The van der Waals surface area contributed by atoms with Crippen molar-refractivity contribution in [1.82, 2.24) is 24.9 Å². The normalized spacial score (nSPS) is 21.3. The molecule has 0 bridgehead atoms. The van der Waals surface area contributed by atoms with Crippen molar-refractivity contribution >= 4 is 5.91 Å². The first kappa shape index (κ1) is 16.3. The zero-order valence-electron chi connectivity index (χ0n) is 14.7. The molecule has 1 atom stereocenters. The summed E-state index contributed by atoms with van der Waals surface area (Å²) in [5.41, 5.74) is 0.638. The highest BCUT2D eigenvalue weighted by atomic mass is 16.4. The fourth-order valence-electron chi connectivity index (χ4n) is 3.62. The van der Waals surface area contributed by atoms with Gasteiger partial charge in [0.05, 0.1) is 11.8 Å². The summed E-state index contributed by atoms with van der Waals surface area (Å²) in [7, 11) is 0. The predicted molar refractivity (Wildman–Crippen MR) is 91.0 cm³/mol. The molecule has 7 nitrogen and oxygen atoms in total.